The fraction of sp³-hybridized carbons (Fsp3) is 0.412. The zero-order valence-corrected chi connectivity index (χ0v) is 13.4. The Labute approximate surface area is 131 Å². The van der Waals surface area contributed by atoms with Crippen molar-refractivity contribution in [1.82, 2.24) is 14.9 Å². The van der Waals surface area contributed by atoms with Crippen molar-refractivity contribution in [2.24, 2.45) is 11.7 Å². The quantitative estimate of drug-likeness (QED) is 0.858. The monoisotopic (exact) mass is 300 g/mol. The first-order valence-corrected chi connectivity index (χ1v) is 7.57. The van der Waals surface area contributed by atoms with Gasteiger partial charge in [0.2, 0.25) is 5.91 Å². The molecule has 0 bridgehead atoms. The Hall–Kier alpha value is -2.14. The number of aryl methyl sites for hydroxylation is 1. The normalized spacial score (nSPS) is 12.4. The van der Waals surface area contributed by atoms with E-state index in [0.717, 1.165) is 23.5 Å². The minimum Gasteiger partial charge on any atom is -0.347 e. The van der Waals surface area contributed by atoms with Gasteiger partial charge in [0.25, 0.3) is 0 Å². The van der Waals surface area contributed by atoms with Gasteiger partial charge in [0.1, 0.15) is 11.9 Å². The molecule has 1 heterocycles. The Morgan fingerprint density at radius 3 is 2.64 bits per heavy atom. The molecule has 2 rings (SSSR count). The lowest BCUT2D eigenvalue weighted by atomic mass is 10.1. The fourth-order valence-corrected chi connectivity index (χ4v) is 2.27. The van der Waals surface area contributed by atoms with Gasteiger partial charge in [-0.15, -0.1) is 0 Å². The van der Waals surface area contributed by atoms with Crippen molar-refractivity contribution in [1.29, 1.82) is 0 Å². The lowest BCUT2D eigenvalue weighted by molar-refractivity contribution is -0.122. The Balaban J connectivity index is 1.95. The summed E-state index contributed by atoms with van der Waals surface area (Å²) in [6, 6.07) is 7.03. The molecule has 5 nitrogen and oxygen atoms in total. The smallest absolute Gasteiger partial charge is 0.241 e. The predicted octanol–water partition coefficient (Wildman–Crippen LogP) is 2.16. The van der Waals surface area contributed by atoms with E-state index in [0.29, 0.717) is 12.5 Å². The van der Waals surface area contributed by atoms with Gasteiger partial charge in [0.05, 0.1) is 6.54 Å². The van der Waals surface area contributed by atoms with Crippen molar-refractivity contribution < 1.29 is 4.79 Å². The van der Waals surface area contributed by atoms with Gasteiger partial charge in [-0.1, -0.05) is 43.7 Å². The van der Waals surface area contributed by atoms with Gasteiger partial charge in [-0.2, -0.15) is 0 Å². The zero-order chi connectivity index (χ0) is 16.1. The van der Waals surface area contributed by atoms with Crippen LogP contribution in [0, 0.1) is 12.8 Å². The largest absolute Gasteiger partial charge is 0.347 e. The van der Waals surface area contributed by atoms with E-state index in [1.165, 1.54) is 0 Å². The van der Waals surface area contributed by atoms with E-state index in [9.17, 15) is 4.79 Å². The number of carbonyl (C=O) groups is 1. The summed E-state index contributed by atoms with van der Waals surface area (Å²) in [7, 11) is 0. The first-order chi connectivity index (χ1) is 10.5. The maximum atomic E-state index is 12.2. The third kappa shape index (κ3) is 4.18. The van der Waals surface area contributed by atoms with E-state index in [2.05, 4.69) is 28.7 Å². The van der Waals surface area contributed by atoms with Crippen LogP contribution in [0.25, 0.3) is 0 Å². The van der Waals surface area contributed by atoms with E-state index >= 15 is 0 Å². The summed E-state index contributed by atoms with van der Waals surface area (Å²) in [5.74, 6) is 1.18. The number of nitrogens with one attached hydrogen (secondary N) is 1. The Morgan fingerprint density at radius 2 is 2.00 bits per heavy atom. The van der Waals surface area contributed by atoms with Crippen LogP contribution >= 0.6 is 0 Å². The highest BCUT2D eigenvalue weighted by Crippen LogP contribution is 2.12. The summed E-state index contributed by atoms with van der Waals surface area (Å²) < 4.78 is 2.06. The molecular formula is C17H24N4O. The van der Waals surface area contributed by atoms with Crippen LogP contribution in [0.2, 0.25) is 0 Å². The zero-order valence-electron chi connectivity index (χ0n) is 13.4. The van der Waals surface area contributed by atoms with Crippen molar-refractivity contribution >= 4 is 5.91 Å². The van der Waals surface area contributed by atoms with Gasteiger partial charge in [0.15, 0.2) is 0 Å². The van der Waals surface area contributed by atoms with Crippen LogP contribution in [0.15, 0.2) is 36.7 Å². The number of nitrogens with two attached hydrogens (primary N) is 1. The molecule has 22 heavy (non-hydrogen) atoms. The summed E-state index contributed by atoms with van der Waals surface area (Å²) >= 11 is 0. The molecule has 0 aliphatic heterocycles. The number of amides is 1. The SMILES string of the molecule is Cc1ccc(C(N)C(=O)NCc2nccn2CC(C)C)cc1. The molecule has 0 fully saturated rings. The number of benzene rings is 1. The molecule has 3 N–H and O–H groups in total. The summed E-state index contributed by atoms with van der Waals surface area (Å²) in [4.78, 5) is 16.5. The van der Waals surface area contributed by atoms with Crippen molar-refractivity contribution in [2.75, 3.05) is 0 Å². The Bertz CT molecular complexity index is 616. The van der Waals surface area contributed by atoms with Crippen LogP contribution in [0.3, 0.4) is 0 Å². The predicted molar refractivity (Wildman–Crippen MR) is 87.0 cm³/mol. The molecular weight excluding hydrogens is 276 g/mol. The van der Waals surface area contributed by atoms with E-state index in [4.69, 9.17) is 5.73 Å². The molecule has 1 atom stereocenters. The number of hydrogen-bond acceptors (Lipinski definition) is 3. The van der Waals surface area contributed by atoms with Crippen molar-refractivity contribution in [2.45, 2.75) is 39.9 Å². The third-order valence-corrected chi connectivity index (χ3v) is 3.50. The Morgan fingerprint density at radius 1 is 1.32 bits per heavy atom. The number of imidazole rings is 1. The molecule has 1 aromatic heterocycles. The second-order valence-corrected chi connectivity index (χ2v) is 6.00. The van der Waals surface area contributed by atoms with E-state index in [1.54, 1.807) is 6.20 Å². The third-order valence-electron chi connectivity index (χ3n) is 3.50. The first-order valence-electron chi connectivity index (χ1n) is 7.57. The topological polar surface area (TPSA) is 72.9 Å². The van der Waals surface area contributed by atoms with E-state index in [-0.39, 0.29) is 5.91 Å². The average Bonchev–Trinajstić information content (AvgIpc) is 2.91. The molecule has 1 unspecified atom stereocenters. The van der Waals surface area contributed by atoms with Crippen LogP contribution in [-0.4, -0.2) is 15.5 Å². The molecule has 0 spiro atoms. The standard InChI is InChI=1S/C17H24N4O/c1-12(2)11-21-9-8-19-15(21)10-20-17(22)16(18)14-6-4-13(3)5-7-14/h4-9,12,16H,10-11,18H2,1-3H3,(H,20,22). The molecule has 0 saturated heterocycles. The molecule has 2 aromatic rings. The number of nitrogens with zero attached hydrogens (tertiary/aromatic N) is 2. The van der Waals surface area contributed by atoms with Crippen molar-refractivity contribution in [3.05, 3.63) is 53.6 Å². The van der Waals surface area contributed by atoms with Crippen LogP contribution in [0.4, 0.5) is 0 Å². The summed E-state index contributed by atoms with van der Waals surface area (Å²) in [5.41, 5.74) is 7.97. The molecule has 0 aliphatic carbocycles. The molecule has 1 aromatic carbocycles. The van der Waals surface area contributed by atoms with Gasteiger partial charge >= 0.3 is 0 Å². The minimum atomic E-state index is -0.658. The number of carbonyl (C=O) groups excluding carboxylic acids is 1. The van der Waals surface area contributed by atoms with Crippen LogP contribution in [-0.2, 0) is 17.9 Å². The van der Waals surface area contributed by atoms with E-state index < -0.39 is 6.04 Å². The van der Waals surface area contributed by atoms with Crippen LogP contribution < -0.4 is 11.1 Å². The summed E-state index contributed by atoms with van der Waals surface area (Å²) in [6.07, 6.45) is 3.69. The second kappa shape index (κ2) is 7.22. The molecule has 5 heteroatoms. The molecule has 0 aliphatic rings. The highest BCUT2D eigenvalue weighted by Gasteiger charge is 2.16. The molecule has 118 valence electrons. The minimum absolute atomic E-state index is 0.192. The van der Waals surface area contributed by atoms with Gasteiger partial charge in [0, 0.05) is 18.9 Å². The summed E-state index contributed by atoms with van der Waals surface area (Å²) in [6.45, 7) is 7.57. The molecule has 0 saturated carbocycles. The van der Waals surface area contributed by atoms with E-state index in [1.807, 2.05) is 37.4 Å². The van der Waals surface area contributed by atoms with Gasteiger partial charge in [-0.05, 0) is 18.4 Å². The fourth-order valence-electron chi connectivity index (χ4n) is 2.27. The average molecular weight is 300 g/mol. The van der Waals surface area contributed by atoms with Crippen molar-refractivity contribution in [3.8, 4) is 0 Å². The van der Waals surface area contributed by atoms with Crippen LogP contribution in [0.1, 0.15) is 36.8 Å². The van der Waals surface area contributed by atoms with Crippen LogP contribution in [0.5, 0.6) is 0 Å². The highest BCUT2D eigenvalue weighted by atomic mass is 16.2. The maximum Gasteiger partial charge on any atom is 0.241 e. The highest BCUT2D eigenvalue weighted by molar-refractivity contribution is 5.82. The van der Waals surface area contributed by atoms with Crippen molar-refractivity contribution in [3.63, 3.8) is 0 Å². The van der Waals surface area contributed by atoms with Gasteiger partial charge in [-0.25, -0.2) is 4.98 Å². The lowest BCUT2D eigenvalue weighted by Crippen LogP contribution is -2.34. The first kappa shape index (κ1) is 16.2. The summed E-state index contributed by atoms with van der Waals surface area (Å²) in [5, 5.41) is 2.86. The van der Waals surface area contributed by atoms with Gasteiger partial charge in [-0.3, -0.25) is 4.79 Å². The molecule has 0 radical (unpaired) electrons. The Kier molecular flexibility index (Phi) is 5.33. The lowest BCUT2D eigenvalue weighted by Gasteiger charge is -2.14. The maximum absolute atomic E-state index is 12.2. The van der Waals surface area contributed by atoms with Gasteiger partial charge < -0.3 is 15.6 Å². The number of rotatable bonds is 6. The molecule has 1 amide bonds. The number of aromatic nitrogens is 2. The number of hydrogen-bond donors (Lipinski definition) is 2. The second-order valence-electron chi connectivity index (χ2n) is 6.00.